The summed E-state index contributed by atoms with van der Waals surface area (Å²) in [7, 11) is -2.22. The molecule has 3 amide bonds. The van der Waals surface area contributed by atoms with E-state index >= 15 is 0 Å². The molecular formula is C29H34N4O6S. The molecule has 40 heavy (non-hydrogen) atoms. The molecule has 0 spiro atoms. The number of nitrogens with one attached hydrogen (secondary N) is 2. The summed E-state index contributed by atoms with van der Waals surface area (Å²) in [5.74, 6) is -0.330. The van der Waals surface area contributed by atoms with Crippen LogP contribution < -0.4 is 14.8 Å². The number of rotatable bonds is 8. The minimum absolute atomic E-state index is 0.0885. The van der Waals surface area contributed by atoms with Gasteiger partial charge in [0.05, 0.1) is 29.7 Å². The molecule has 3 N–H and O–H groups in total. The maximum absolute atomic E-state index is 13.6. The lowest BCUT2D eigenvalue weighted by molar-refractivity contribution is 0.0371. The Bertz CT molecular complexity index is 1440. The summed E-state index contributed by atoms with van der Waals surface area (Å²) < 4.78 is 34.6. The summed E-state index contributed by atoms with van der Waals surface area (Å²) in [6.07, 6.45) is -0.501. The number of hydrogen-bond acceptors (Lipinski definition) is 6. The van der Waals surface area contributed by atoms with Crippen molar-refractivity contribution in [2.45, 2.75) is 30.9 Å². The van der Waals surface area contributed by atoms with Crippen LogP contribution in [0.5, 0.6) is 5.75 Å². The number of ether oxygens (including phenoxy) is 1. The smallest absolute Gasteiger partial charge is 0.321 e. The van der Waals surface area contributed by atoms with Crippen molar-refractivity contribution in [1.82, 2.24) is 9.80 Å². The van der Waals surface area contributed by atoms with Crippen LogP contribution in [-0.2, 0) is 10.0 Å². The molecule has 0 radical (unpaired) electrons. The molecule has 4 rings (SSSR count). The maximum Gasteiger partial charge on any atom is 0.321 e. The molecule has 1 aliphatic heterocycles. The van der Waals surface area contributed by atoms with Crippen molar-refractivity contribution in [1.29, 1.82) is 0 Å². The van der Waals surface area contributed by atoms with Gasteiger partial charge < -0.3 is 25.0 Å². The highest BCUT2D eigenvalue weighted by Crippen LogP contribution is 2.31. The highest BCUT2D eigenvalue weighted by atomic mass is 32.2. The van der Waals surface area contributed by atoms with Crippen molar-refractivity contribution in [3.63, 3.8) is 0 Å². The fraction of sp³-hybridized carbons (Fsp3) is 0.310. The Kier molecular flexibility index (Phi) is 8.96. The Morgan fingerprint density at radius 1 is 1.07 bits per heavy atom. The highest BCUT2D eigenvalue weighted by Gasteiger charge is 2.34. The van der Waals surface area contributed by atoms with E-state index in [4.69, 9.17) is 4.74 Å². The number of fused-ring (bicyclic) bond motifs is 1. The zero-order valence-corrected chi connectivity index (χ0v) is 23.5. The number of aliphatic hydroxyl groups is 1. The van der Waals surface area contributed by atoms with Crippen LogP contribution in [0.3, 0.4) is 0 Å². The minimum Gasteiger partial charge on any atom is -0.487 e. The zero-order chi connectivity index (χ0) is 28.9. The molecule has 212 valence electrons. The number of hydrogen-bond donors (Lipinski definition) is 3. The van der Waals surface area contributed by atoms with E-state index in [0.29, 0.717) is 5.69 Å². The van der Waals surface area contributed by atoms with Crippen LogP contribution in [0.4, 0.5) is 16.2 Å². The summed E-state index contributed by atoms with van der Waals surface area (Å²) in [5.41, 5.74) is 1.01. The maximum atomic E-state index is 13.6. The third kappa shape index (κ3) is 6.72. The summed E-state index contributed by atoms with van der Waals surface area (Å²) in [5, 5.41) is 12.7. The second kappa shape index (κ2) is 12.4. The Hall–Kier alpha value is -4.09. The molecule has 0 unspecified atom stereocenters. The Morgan fingerprint density at radius 2 is 1.73 bits per heavy atom. The van der Waals surface area contributed by atoms with Crippen molar-refractivity contribution in [3.05, 3.63) is 84.4 Å². The van der Waals surface area contributed by atoms with Gasteiger partial charge in [-0.15, -0.1) is 0 Å². The van der Waals surface area contributed by atoms with Gasteiger partial charge in [0.2, 0.25) is 0 Å². The SMILES string of the molecule is C[C@H]1CN([C@@H](C)CO)C(=O)c2cc(NS(=O)(=O)c3ccccc3)ccc2O[C@@H]1CN(C)C(=O)Nc1ccccc1. The molecule has 3 aromatic carbocycles. The van der Waals surface area contributed by atoms with Crippen LogP contribution in [0.15, 0.2) is 83.8 Å². The van der Waals surface area contributed by atoms with E-state index in [0.717, 1.165) is 0 Å². The molecule has 0 fully saturated rings. The van der Waals surface area contributed by atoms with E-state index in [1.807, 2.05) is 25.1 Å². The van der Waals surface area contributed by atoms with E-state index in [1.54, 1.807) is 55.3 Å². The first-order chi connectivity index (χ1) is 19.1. The Balaban J connectivity index is 1.62. The lowest BCUT2D eigenvalue weighted by atomic mass is 9.99. The second-order valence-electron chi connectivity index (χ2n) is 9.93. The first-order valence-electron chi connectivity index (χ1n) is 13.0. The predicted octanol–water partition coefficient (Wildman–Crippen LogP) is 3.87. The second-order valence-corrected chi connectivity index (χ2v) is 11.6. The van der Waals surface area contributed by atoms with Gasteiger partial charge in [-0.1, -0.05) is 43.3 Å². The van der Waals surface area contributed by atoms with Gasteiger partial charge in [-0.25, -0.2) is 13.2 Å². The standard InChI is InChI=1S/C29H34N4O6S/c1-20-17-33(21(2)19-34)28(35)25-16-23(31-40(37,38)24-12-8-5-9-13-24)14-15-26(25)39-27(20)18-32(3)29(36)30-22-10-6-4-7-11-22/h4-16,20-21,27,31,34H,17-19H2,1-3H3,(H,30,36)/t20-,21-,27+/m0/s1. The molecule has 11 heteroatoms. The van der Waals surface area contributed by atoms with E-state index < -0.39 is 28.1 Å². The van der Waals surface area contributed by atoms with Gasteiger partial charge in [0.25, 0.3) is 15.9 Å². The van der Waals surface area contributed by atoms with Gasteiger partial charge in [0.15, 0.2) is 0 Å². The normalized spacial score (nSPS) is 18.0. The number of sulfonamides is 1. The van der Waals surface area contributed by atoms with E-state index in [9.17, 15) is 23.1 Å². The largest absolute Gasteiger partial charge is 0.487 e. The first-order valence-corrected chi connectivity index (χ1v) is 14.4. The number of anilines is 2. The fourth-order valence-corrected chi connectivity index (χ4v) is 5.48. The summed E-state index contributed by atoms with van der Waals surface area (Å²) in [6, 6.07) is 20.7. The van der Waals surface area contributed by atoms with E-state index in [1.165, 1.54) is 29.2 Å². The Morgan fingerprint density at radius 3 is 2.38 bits per heavy atom. The number of nitrogens with zero attached hydrogens (tertiary/aromatic N) is 2. The molecule has 0 aromatic heterocycles. The molecule has 0 saturated heterocycles. The highest BCUT2D eigenvalue weighted by molar-refractivity contribution is 7.92. The van der Waals surface area contributed by atoms with Crippen LogP contribution in [0.2, 0.25) is 0 Å². The Labute approximate surface area is 234 Å². The van der Waals surface area contributed by atoms with Gasteiger partial charge in [-0.2, -0.15) is 0 Å². The van der Waals surface area contributed by atoms with Gasteiger partial charge in [-0.3, -0.25) is 9.52 Å². The molecule has 3 aromatic rings. The lowest BCUT2D eigenvalue weighted by Crippen LogP contribution is -2.50. The van der Waals surface area contributed by atoms with Crippen molar-refractivity contribution in [2.75, 3.05) is 36.8 Å². The van der Waals surface area contributed by atoms with E-state index in [2.05, 4.69) is 10.0 Å². The first kappa shape index (κ1) is 28.9. The fourth-order valence-electron chi connectivity index (χ4n) is 4.41. The monoisotopic (exact) mass is 566 g/mol. The number of benzene rings is 3. The van der Waals surface area contributed by atoms with E-state index in [-0.39, 0.29) is 53.5 Å². The van der Waals surface area contributed by atoms with Crippen LogP contribution in [0.1, 0.15) is 24.2 Å². The molecular weight excluding hydrogens is 532 g/mol. The molecule has 0 saturated carbocycles. The van der Waals surface area contributed by atoms with Crippen molar-refractivity contribution in [3.8, 4) is 5.75 Å². The molecule has 3 atom stereocenters. The number of carbonyl (C=O) groups excluding carboxylic acids is 2. The lowest BCUT2D eigenvalue weighted by Gasteiger charge is -2.38. The summed E-state index contributed by atoms with van der Waals surface area (Å²) >= 11 is 0. The average Bonchev–Trinajstić information content (AvgIpc) is 2.95. The molecule has 1 aliphatic rings. The number of amides is 3. The third-order valence-electron chi connectivity index (χ3n) is 6.80. The quantitative estimate of drug-likeness (QED) is 0.380. The zero-order valence-electron chi connectivity index (χ0n) is 22.7. The number of para-hydroxylation sites is 1. The van der Waals surface area contributed by atoms with Crippen LogP contribution in [0, 0.1) is 5.92 Å². The van der Waals surface area contributed by atoms with Crippen molar-refractivity contribution in [2.24, 2.45) is 5.92 Å². The molecule has 10 nitrogen and oxygen atoms in total. The number of likely N-dealkylation sites (N-methyl/N-ethyl adjacent to an activating group) is 1. The van der Waals surface area contributed by atoms with Crippen molar-refractivity contribution < 1.29 is 27.9 Å². The van der Waals surface area contributed by atoms with Gasteiger partial charge in [0.1, 0.15) is 11.9 Å². The molecule has 1 heterocycles. The number of carbonyl (C=O) groups is 2. The summed E-state index contributed by atoms with van der Waals surface area (Å²) in [4.78, 5) is 29.7. The van der Waals surface area contributed by atoms with Gasteiger partial charge in [-0.05, 0) is 49.4 Å². The molecule has 0 aliphatic carbocycles. The number of urea groups is 1. The third-order valence-corrected chi connectivity index (χ3v) is 8.19. The van der Waals surface area contributed by atoms with Gasteiger partial charge in [0, 0.05) is 30.9 Å². The summed E-state index contributed by atoms with van der Waals surface area (Å²) in [6.45, 7) is 3.89. The van der Waals surface area contributed by atoms with Crippen LogP contribution in [0.25, 0.3) is 0 Å². The van der Waals surface area contributed by atoms with Crippen LogP contribution in [-0.4, -0.2) is 74.2 Å². The predicted molar refractivity (Wildman–Crippen MR) is 153 cm³/mol. The van der Waals surface area contributed by atoms with Gasteiger partial charge >= 0.3 is 6.03 Å². The topological polar surface area (TPSA) is 128 Å². The average molecular weight is 567 g/mol. The van der Waals surface area contributed by atoms with Crippen molar-refractivity contribution >= 4 is 33.3 Å². The number of aliphatic hydroxyl groups excluding tert-OH is 1. The molecule has 0 bridgehead atoms. The minimum atomic E-state index is -3.89. The van der Waals surface area contributed by atoms with Crippen LogP contribution >= 0.6 is 0 Å².